The van der Waals surface area contributed by atoms with Gasteiger partial charge in [-0.05, 0) is 25.0 Å². The van der Waals surface area contributed by atoms with Crippen molar-refractivity contribution >= 4 is 11.7 Å². The fourth-order valence-electron chi connectivity index (χ4n) is 2.07. The number of carbonyl (C=O) groups is 1. The van der Waals surface area contributed by atoms with Crippen LogP contribution >= 0.6 is 0 Å². The molecule has 0 saturated carbocycles. The summed E-state index contributed by atoms with van der Waals surface area (Å²) >= 11 is 0. The summed E-state index contributed by atoms with van der Waals surface area (Å²) in [7, 11) is 0. The maximum Gasteiger partial charge on any atom is 0.321 e. The van der Waals surface area contributed by atoms with Crippen molar-refractivity contribution in [3.63, 3.8) is 0 Å². The molecule has 1 aliphatic heterocycles. The topological polar surface area (TPSA) is 78.6 Å². The lowest BCUT2D eigenvalue weighted by Gasteiger charge is -2.23. The standard InChI is InChI=1S/C13H19N3O2/c14-11-7-4-8-16(9-12(11)17)13(18)15-10-5-2-1-3-6-10/h1-3,5-6,11-12,17H,4,7-9,14H2,(H,15,18). The third-order valence-electron chi connectivity index (χ3n) is 3.18. The number of urea groups is 1. The Bertz CT molecular complexity index is 396. The van der Waals surface area contributed by atoms with Gasteiger partial charge in [0.1, 0.15) is 0 Å². The number of likely N-dealkylation sites (tertiary alicyclic amines) is 1. The predicted octanol–water partition coefficient (Wildman–Crippen LogP) is 1.00. The van der Waals surface area contributed by atoms with Crippen molar-refractivity contribution in [1.82, 2.24) is 4.90 Å². The van der Waals surface area contributed by atoms with Crippen LogP contribution in [0.25, 0.3) is 0 Å². The zero-order valence-electron chi connectivity index (χ0n) is 10.2. The Morgan fingerprint density at radius 3 is 2.83 bits per heavy atom. The van der Waals surface area contributed by atoms with Crippen LogP contribution in [0.4, 0.5) is 10.5 Å². The molecule has 5 nitrogen and oxygen atoms in total. The van der Waals surface area contributed by atoms with Crippen molar-refractivity contribution < 1.29 is 9.90 Å². The van der Waals surface area contributed by atoms with Crippen LogP contribution in [0.2, 0.25) is 0 Å². The molecule has 0 aliphatic carbocycles. The van der Waals surface area contributed by atoms with E-state index in [0.717, 1.165) is 18.5 Å². The summed E-state index contributed by atoms with van der Waals surface area (Å²) in [5.74, 6) is 0. The summed E-state index contributed by atoms with van der Waals surface area (Å²) in [6.45, 7) is 0.920. The molecule has 0 spiro atoms. The van der Waals surface area contributed by atoms with Gasteiger partial charge >= 0.3 is 6.03 Å². The van der Waals surface area contributed by atoms with Gasteiger partial charge in [0.05, 0.1) is 6.10 Å². The summed E-state index contributed by atoms with van der Waals surface area (Å²) in [6, 6.07) is 8.86. The molecule has 2 atom stereocenters. The maximum atomic E-state index is 12.0. The van der Waals surface area contributed by atoms with E-state index in [1.165, 1.54) is 0 Å². The summed E-state index contributed by atoms with van der Waals surface area (Å²) in [6.07, 6.45) is 0.922. The molecule has 2 rings (SSSR count). The Morgan fingerprint density at radius 1 is 1.39 bits per heavy atom. The smallest absolute Gasteiger partial charge is 0.321 e. The van der Waals surface area contributed by atoms with Crippen LogP contribution in [-0.2, 0) is 0 Å². The number of aliphatic hydroxyl groups is 1. The van der Waals surface area contributed by atoms with Gasteiger partial charge in [-0.15, -0.1) is 0 Å². The van der Waals surface area contributed by atoms with E-state index >= 15 is 0 Å². The minimum absolute atomic E-state index is 0.186. The second-order valence-corrected chi connectivity index (χ2v) is 4.62. The Labute approximate surface area is 107 Å². The first kappa shape index (κ1) is 12.9. The molecule has 2 unspecified atom stereocenters. The lowest BCUT2D eigenvalue weighted by atomic mass is 10.1. The number of anilines is 1. The Balaban J connectivity index is 1.96. The van der Waals surface area contributed by atoms with Crippen LogP contribution in [0.3, 0.4) is 0 Å². The molecule has 4 N–H and O–H groups in total. The number of amides is 2. The number of nitrogens with two attached hydrogens (primary N) is 1. The van der Waals surface area contributed by atoms with Crippen LogP contribution in [-0.4, -0.2) is 41.3 Å². The molecule has 0 aromatic heterocycles. The van der Waals surface area contributed by atoms with E-state index in [-0.39, 0.29) is 12.1 Å². The molecule has 0 radical (unpaired) electrons. The average Bonchev–Trinajstić information content (AvgIpc) is 2.53. The zero-order valence-corrected chi connectivity index (χ0v) is 10.2. The fraction of sp³-hybridized carbons (Fsp3) is 0.462. The number of carbonyl (C=O) groups excluding carboxylic acids is 1. The maximum absolute atomic E-state index is 12.0. The van der Waals surface area contributed by atoms with Gasteiger partial charge in [0, 0.05) is 24.8 Å². The molecular weight excluding hydrogens is 230 g/mol. The fourth-order valence-corrected chi connectivity index (χ4v) is 2.07. The molecule has 5 heteroatoms. The summed E-state index contributed by atoms with van der Waals surface area (Å²) < 4.78 is 0. The van der Waals surface area contributed by atoms with Crippen molar-refractivity contribution in [2.75, 3.05) is 18.4 Å². The van der Waals surface area contributed by atoms with Crippen molar-refractivity contribution in [1.29, 1.82) is 0 Å². The van der Waals surface area contributed by atoms with Crippen LogP contribution in [0.5, 0.6) is 0 Å². The Morgan fingerprint density at radius 2 is 2.11 bits per heavy atom. The number of benzene rings is 1. The van der Waals surface area contributed by atoms with Gasteiger partial charge in [-0.1, -0.05) is 18.2 Å². The van der Waals surface area contributed by atoms with Gasteiger partial charge in [0.2, 0.25) is 0 Å². The number of nitrogens with one attached hydrogen (secondary N) is 1. The average molecular weight is 249 g/mol. The van der Waals surface area contributed by atoms with Crippen LogP contribution < -0.4 is 11.1 Å². The number of β-amino-alcohol motifs (C(OH)–C–C–N with tert-alkyl or cyclic N) is 1. The lowest BCUT2D eigenvalue weighted by molar-refractivity contribution is 0.117. The molecule has 98 valence electrons. The van der Waals surface area contributed by atoms with Crippen LogP contribution in [0.1, 0.15) is 12.8 Å². The van der Waals surface area contributed by atoms with E-state index in [1.54, 1.807) is 4.90 Å². The van der Waals surface area contributed by atoms with Gasteiger partial charge < -0.3 is 21.1 Å². The minimum Gasteiger partial charge on any atom is -0.390 e. The highest BCUT2D eigenvalue weighted by atomic mass is 16.3. The molecule has 2 amide bonds. The van der Waals surface area contributed by atoms with E-state index in [9.17, 15) is 9.90 Å². The predicted molar refractivity (Wildman–Crippen MR) is 70.2 cm³/mol. The van der Waals surface area contributed by atoms with E-state index in [0.29, 0.717) is 13.1 Å². The summed E-state index contributed by atoms with van der Waals surface area (Å²) in [4.78, 5) is 13.7. The van der Waals surface area contributed by atoms with Gasteiger partial charge in [-0.3, -0.25) is 0 Å². The number of nitrogens with zero attached hydrogens (tertiary/aromatic N) is 1. The Kier molecular flexibility index (Phi) is 4.17. The number of rotatable bonds is 1. The SMILES string of the molecule is NC1CCCN(C(=O)Nc2ccccc2)CC1O. The second-order valence-electron chi connectivity index (χ2n) is 4.62. The van der Waals surface area contributed by atoms with Gasteiger partial charge in [-0.25, -0.2) is 4.79 Å². The molecule has 1 aromatic carbocycles. The van der Waals surface area contributed by atoms with Gasteiger partial charge in [-0.2, -0.15) is 0 Å². The highest BCUT2D eigenvalue weighted by Crippen LogP contribution is 2.12. The zero-order chi connectivity index (χ0) is 13.0. The van der Waals surface area contributed by atoms with Crippen molar-refractivity contribution in [3.05, 3.63) is 30.3 Å². The second kappa shape index (κ2) is 5.84. The third-order valence-corrected chi connectivity index (χ3v) is 3.18. The quantitative estimate of drug-likeness (QED) is 0.695. The molecule has 18 heavy (non-hydrogen) atoms. The van der Waals surface area contributed by atoms with Crippen molar-refractivity contribution in [2.45, 2.75) is 25.0 Å². The molecule has 1 aliphatic rings. The molecular formula is C13H19N3O2. The Hall–Kier alpha value is -1.59. The van der Waals surface area contributed by atoms with E-state index in [4.69, 9.17) is 5.73 Å². The molecule has 1 saturated heterocycles. The van der Waals surface area contributed by atoms with Crippen molar-refractivity contribution in [2.24, 2.45) is 5.73 Å². The first-order valence-electron chi connectivity index (χ1n) is 6.21. The molecule has 1 fully saturated rings. The van der Waals surface area contributed by atoms with Crippen LogP contribution in [0.15, 0.2) is 30.3 Å². The molecule has 1 heterocycles. The van der Waals surface area contributed by atoms with Gasteiger partial charge in [0.25, 0.3) is 0 Å². The summed E-state index contributed by atoms with van der Waals surface area (Å²) in [5.41, 5.74) is 6.54. The monoisotopic (exact) mass is 249 g/mol. The van der Waals surface area contributed by atoms with Gasteiger partial charge in [0.15, 0.2) is 0 Å². The molecule has 0 bridgehead atoms. The first-order chi connectivity index (χ1) is 8.66. The largest absolute Gasteiger partial charge is 0.390 e. The normalized spacial score (nSPS) is 24.4. The minimum atomic E-state index is -0.644. The number of aliphatic hydroxyl groups excluding tert-OH is 1. The first-order valence-corrected chi connectivity index (χ1v) is 6.21. The summed E-state index contributed by atoms with van der Waals surface area (Å²) in [5, 5.41) is 12.6. The molecule has 1 aromatic rings. The number of hydrogen-bond donors (Lipinski definition) is 3. The lowest BCUT2D eigenvalue weighted by Crippen LogP contribution is -2.44. The third kappa shape index (κ3) is 3.21. The van der Waals surface area contributed by atoms with E-state index in [2.05, 4.69) is 5.32 Å². The highest BCUT2D eigenvalue weighted by Gasteiger charge is 2.25. The number of hydrogen-bond acceptors (Lipinski definition) is 3. The highest BCUT2D eigenvalue weighted by molar-refractivity contribution is 5.89. The van der Waals surface area contributed by atoms with E-state index in [1.807, 2.05) is 30.3 Å². The van der Waals surface area contributed by atoms with E-state index < -0.39 is 6.10 Å². The number of para-hydroxylation sites is 1. The van der Waals surface area contributed by atoms with Crippen LogP contribution in [0, 0.1) is 0 Å². The van der Waals surface area contributed by atoms with Crippen molar-refractivity contribution in [3.8, 4) is 0 Å².